The van der Waals surface area contributed by atoms with Crippen LogP contribution in [0.3, 0.4) is 0 Å². The zero-order valence-corrected chi connectivity index (χ0v) is 10.00. The van der Waals surface area contributed by atoms with E-state index in [-0.39, 0.29) is 11.9 Å². The van der Waals surface area contributed by atoms with Crippen LogP contribution >= 0.6 is 0 Å². The topological polar surface area (TPSA) is 59.7 Å². The molecule has 0 fully saturated rings. The Morgan fingerprint density at radius 2 is 2.00 bits per heavy atom. The van der Waals surface area contributed by atoms with Crippen molar-refractivity contribution in [2.75, 3.05) is 0 Å². The molecule has 0 spiro atoms. The van der Waals surface area contributed by atoms with E-state index in [4.69, 9.17) is 14.3 Å². The van der Waals surface area contributed by atoms with E-state index in [0.29, 0.717) is 12.2 Å². The van der Waals surface area contributed by atoms with Crippen molar-refractivity contribution in [3.63, 3.8) is 0 Å². The Hall–Kier alpha value is -2.23. The fourth-order valence-electron chi connectivity index (χ4n) is 1.65. The van der Waals surface area contributed by atoms with Crippen LogP contribution in [0.25, 0.3) is 0 Å². The molecule has 4 heteroatoms. The van der Waals surface area contributed by atoms with Gasteiger partial charge in [0.25, 0.3) is 0 Å². The molecule has 1 heterocycles. The summed E-state index contributed by atoms with van der Waals surface area (Å²) in [7, 11) is 0. The van der Waals surface area contributed by atoms with Crippen LogP contribution in [-0.2, 0) is 0 Å². The molecule has 1 aromatic heterocycles. The summed E-state index contributed by atoms with van der Waals surface area (Å²) in [6.45, 7) is 1.95. The summed E-state index contributed by atoms with van der Waals surface area (Å²) in [5.41, 5.74) is 0. The molecule has 1 aromatic carbocycles. The molecule has 2 rings (SSSR count). The lowest BCUT2D eigenvalue weighted by Crippen LogP contribution is -2.05. The smallest absolute Gasteiger partial charge is 0.371 e. The lowest BCUT2D eigenvalue weighted by molar-refractivity contribution is 0.0653. The SMILES string of the molecule is CC[C@H](Oc1ccccc1)c1ccc(C(=O)O)o1. The number of carboxylic acid groups (broad SMARTS) is 1. The number of carboxylic acids is 1. The Kier molecular flexibility index (Phi) is 3.67. The van der Waals surface area contributed by atoms with E-state index in [2.05, 4.69) is 0 Å². The lowest BCUT2D eigenvalue weighted by Gasteiger charge is -2.15. The predicted octanol–water partition coefficient (Wildman–Crippen LogP) is 3.51. The van der Waals surface area contributed by atoms with Crippen molar-refractivity contribution >= 4 is 5.97 Å². The van der Waals surface area contributed by atoms with Crippen LogP contribution in [-0.4, -0.2) is 11.1 Å². The van der Waals surface area contributed by atoms with Crippen molar-refractivity contribution in [2.24, 2.45) is 0 Å². The number of carbonyl (C=O) groups is 1. The molecular formula is C14H14O4. The van der Waals surface area contributed by atoms with Crippen LogP contribution in [0.4, 0.5) is 0 Å². The zero-order valence-electron chi connectivity index (χ0n) is 10.00. The molecule has 0 amide bonds. The highest BCUT2D eigenvalue weighted by molar-refractivity contribution is 5.84. The Balaban J connectivity index is 2.15. The van der Waals surface area contributed by atoms with Crippen molar-refractivity contribution in [2.45, 2.75) is 19.4 Å². The molecule has 0 aliphatic rings. The molecule has 0 aliphatic heterocycles. The van der Waals surface area contributed by atoms with Gasteiger partial charge >= 0.3 is 5.97 Å². The zero-order chi connectivity index (χ0) is 13.0. The van der Waals surface area contributed by atoms with Gasteiger partial charge in [0.1, 0.15) is 11.5 Å². The molecule has 4 nitrogen and oxygen atoms in total. The lowest BCUT2D eigenvalue weighted by atomic mass is 10.2. The largest absolute Gasteiger partial charge is 0.483 e. The molecule has 0 saturated heterocycles. The molecule has 0 aliphatic carbocycles. The summed E-state index contributed by atoms with van der Waals surface area (Å²) in [4.78, 5) is 10.7. The second-order valence-electron chi connectivity index (χ2n) is 3.83. The third kappa shape index (κ3) is 2.71. The standard InChI is InChI=1S/C14H14O4/c1-2-11(17-10-6-4-3-5-7-10)12-8-9-13(18-12)14(15)16/h3-9,11H,2H2,1H3,(H,15,16)/t11-/m0/s1. The maximum absolute atomic E-state index is 10.7. The second-order valence-corrected chi connectivity index (χ2v) is 3.83. The van der Waals surface area contributed by atoms with Gasteiger partial charge in [0.15, 0.2) is 6.10 Å². The van der Waals surface area contributed by atoms with Gasteiger partial charge < -0.3 is 14.3 Å². The molecule has 2 aromatic rings. The molecule has 94 valence electrons. The van der Waals surface area contributed by atoms with Crippen LogP contribution < -0.4 is 4.74 Å². The summed E-state index contributed by atoms with van der Waals surface area (Å²) < 4.78 is 11.0. The highest BCUT2D eigenvalue weighted by Crippen LogP contribution is 2.26. The van der Waals surface area contributed by atoms with E-state index in [1.165, 1.54) is 6.07 Å². The molecule has 1 N–H and O–H groups in total. The Morgan fingerprint density at radius 1 is 1.28 bits per heavy atom. The second kappa shape index (κ2) is 5.40. The number of ether oxygens (including phenoxy) is 1. The summed E-state index contributed by atoms with van der Waals surface area (Å²) in [6, 6.07) is 12.5. The first-order valence-electron chi connectivity index (χ1n) is 5.75. The molecule has 18 heavy (non-hydrogen) atoms. The normalized spacial score (nSPS) is 12.1. The van der Waals surface area contributed by atoms with Gasteiger partial charge in [0.2, 0.25) is 5.76 Å². The average molecular weight is 246 g/mol. The van der Waals surface area contributed by atoms with Crippen LogP contribution in [0.15, 0.2) is 46.9 Å². The third-order valence-electron chi connectivity index (χ3n) is 2.55. The Labute approximate surface area is 105 Å². The summed E-state index contributed by atoms with van der Waals surface area (Å²) >= 11 is 0. The summed E-state index contributed by atoms with van der Waals surface area (Å²) in [5, 5.41) is 8.81. The number of para-hydroxylation sites is 1. The average Bonchev–Trinajstić information content (AvgIpc) is 2.87. The first-order valence-corrected chi connectivity index (χ1v) is 5.75. The van der Waals surface area contributed by atoms with Crippen molar-refractivity contribution in [3.8, 4) is 5.75 Å². The van der Waals surface area contributed by atoms with Crippen LogP contribution in [0, 0.1) is 0 Å². The fraction of sp³-hybridized carbons (Fsp3) is 0.214. The highest BCUT2D eigenvalue weighted by Gasteiger charge is 2.17. The van der Waals surface area contributed by atoms with E-state index in [1.807, 2.05) is 37.3 Å². The molecular weight excluding hydrogens is 232 g/mol. The summed E-state index contributed by atoms with van der Waals surface area (Å²) in [6.07, 6.45) is 0.419. The first-order chi connectivity index (χ1) is 8.70. The number of benzene rings is 1. The van der Waals surface area contributed by atoms with Crippen LogP contribution in [0.1, 0.15) is 35.8 Å². The predicted molar refractivity (Wildman–Crippen MR) is 65.8 cm³/mol. The Morgan fingerprint density at radius 3 is 2.56 bits per heavy atom. The van der Waals surface area contributed by atoms with Crippen LogP contribution in [0.2, 0.25) is 0 Å². The molecule has 0 unspecified atom stereocenters. The minimum Gasteiger partial charge on any atom is -0.483 e. The summed E-state index contributed by atoms with van der Waals surface area (Å²) in [5.74, 6) is 0.118. The van der Waals surface area contributed by atoms with Gasteiger partial charge in [0, 0.05) is 0 Å². The number of hydrogen-bond donors (Lipinski definition) is 1. The van der Waals surface area contributed by atoms with Gasteiger partial charge in [-0.05, 0) is 30.7 Å². The highest BCUT2D eigenvalue weighted by atomic mass is 16.5. The minimum absolute atomic E-state index is 0.0693. The van der Waals surface area contributed by atoms with Crippen LogP contribution in [0.5, 0.6) is 5.75 Å². The van der Waals surface area contributed by atoms with Crippen molar-refractivity contribution < 1.29 is 19.1 Å². The van der Waals surface area contributed by atoms with Crippen molar-refractivity contribution in [1.82, 2.24) is 0 Å². The van der Waals surface area contributed by atoms with Gasteiger partial charge in [-0.2, -0.15) is 0 Å². The maximum Gasteiger partial charge on any atom is 0.371 e. The van der Waals surface area contributed by atoms with Gasteiger partial charge in [-0.25, -0.2) is 4.79 Å². The van der Waals surface area contributed by atoms with Crippen molar-refractivity contribution in [1.29, 1.82) is 0 Å². The third-order valence-corrected chi connectivity index (χ3v) is 2.55. The van der Waals surface area contributed by atoms with E-state index in [1.54, 1.807) is 6.07 Å². The van der Waals surface area contributed by atoms with E-state index in [9.17, 15) is 4.79 Å². The minimum atomic E-state index is -1.07. The molecule has 0 radical (unpaired) electrons. The Bertz CT molecular complexity index is 516. The molecule has 0 saturated carbocycles. The number of hydrogen-bond acceptors (Lipinski definition) is 3. The first kappa shape index (κ1) is 12.2. The van der Waals surface area contributed by atoms with Gasteiger partial charge in [-0.3, -0.25) is 0 Å². The van der Waals surface area contributed by atoms with Gasteiger partial charge in [-0.15, -0.1) is 0 Å². The molecule has 1 atom stereocenters. The quantitative estimate of drug-likeness (QED) is 0.877. The fourth-order valence-corrected chi connectivity index (χ4v) is 1.65. The molecule has 0 bridgehead atoms. The number of furan rings is 1. The van der Waals surface area contributed by atoms with E-state index in [0.717, 1.165) is 5.75 Å². The maximum atomic E-state index is 10.7. The van der Waals surface area contributed by atoms with E-state index >= 15 is 0 Å². The monoisotopic (exact) mass is 246 g/mol. The number of rotatable bonds is 5. The van der Waals surface area contributed by atoms with Crippen molar-refractivity contribution in [3.05, 3.63) is 54.0 Å². The number of aromatic carboxylic acids is 1. The van der Waals surface area contributed by atoms with E-state index < -0.39 is 5.97 Å². The van der Waals surface area contributed by atoms with Gasteiger partial charge in [0.05, 0.1) is 0 Å². The van der Waals surface area contributed by atoms with Gasteiger partial charge in [-0.1, -0.05) is 25.1 Å².